The van der Waals surface area contributed by atoms with Gasteiger partial charge in [0.05, 0.1) is 17.4 Å². The monoisotopic (exact) mass is 221 g/mol. The van der Waals surface area contributed by atoms with Crippen LogP contribution in [-0.4, -0.2) is 24.8 Å². The van der Waals surface area contributed by atoms with E-state index in [0.717, 1.165) is 11.4 Å². The van der Waals surface area contributed by atoms with E-state index in [4.69, 9.17) is 5.84 Å². The molecule has 16 heavy (non-hydrogen) atoms. The molecule has 3 N–H and O–H groups in total. The van der Waals surface area contributed by atoms with E-state index < -0.39 is 0 Å². The van der Waals surface area contributed by atoms with Crippen molar-refractivity contribution in [2.75, 3.05) is 0 Å². The van der Waals surface area contributed by atoms with Gasteiger partial charge in [-0.15, -0.1) is 5.10 Å². The van der Waals surface area contributed by atoms with Crippen molar-refractivity contribution in [3.8, 4) is 0 Å². The van der Waals surface area contributed by atoms with Crippen molar-refractivity contribution in [3.63, 3.8) is 0 Å². The molecule has 0 aliphatic rings. The van der Waals surface area contributed by atoms with Crippen LogP contribution in [0.1, 0.15) is 17.4 Å². The number of rotatable bonds is 4. The molecule has 0 spiro atoms. The van der Waals surface area contributed by atoms with Gasteiger partial charge in [0.2, 0.25) is 0 Å². The highest BCUT2D eigenvalue weighted by Crippen LogP contribution is 2.14. The van der Waals surface area contributed by atoms with Crippen molar-refractivity contribution in [2.45, 2.75) is 12.5 Å². The molecule has 2 rings (SSSR count). The van der Waals surface area contributed by atoms with Gasteiger partial charge in [-0.25, -0.2) is 0 Å². The standard InChI is InChI=1S/C9H15N7/c1-15-6-7(13-14-15)5-8(12-10)9-3-4-11-16(9)2/h3-4,6,8,12H,5,10H2,1-2H3. The van der Waals surface area contributed by atoms with Crippen LogP contribution >= 0.6 is 0 Å². The van der Waals surface area contributed by atoms with Crippen molar-refractivity contribution >= 4 is 0 Å². The van der Waals surface area contributed by atoms with Gasteiger partial charge < -0.3 is 0 Å². The highest BCUT2D eigenvalue weighted by molar-refractivity contribution is 5.10. The Bertz CT molecular complexity index is 458. The Morgan fingerprint density at radius 3 is 2.81 bits per heavy atom. The number of hydrogen-bond acceptors (Lipinski definition) is 5. The van der Waals surface area contributed by atoms with Crippen LogP contribution in [0.15, 0.2) is 18.5 Å². The SMILES string of the molecule is Cn1cc(CC(NN)c2ccnn2C)nn1. The van der Waals surface area contributed by atoms with Crippen LogP contribution in [0.3, 0.4) is 0 Å². The van der Waals surface area contributed by atoms with Crippen molar-refractivity contribution < 1.29 is 0 Å². The molecule has 1 unspecified atom stereocenters. The van der Waals surface area contributed by atoms with Crippen molar-refractivity contribution in [1.82, 2.24) is 30.2 Å². The summed E-state index contributed by atoms with van der Waals surface area (Å²) < 4.78 is 3.47. The van der Waals surface area contributed by atoms with E-state index in [1.807, 2.05) is 26.4 Å². The van der Waals surface area contributed by atoms with Crippen LogP contribution < -0.4 is 11.3 Å². The van der Waals surface area contributed by atoms with Crippen LogP contribution in [0.2, 0.25) is 0 Å². The summed E-state index contributed by atoms with van der Waals surface area (Å²) >= 11 is 0. The Morgan fingerprint density at radius 1 is 1.50 bits per heavy atom. The normalized spacial score (nSPS) is 12.9. The van der Waals surface area contributed by atoms with Gasteiger partial charge >= 0.3 is 0 Å². The molecule has 0 saturated heterocycles. The van der Waals surface area contributed by atoms with Crippen molar-refractivity contribution in [1.29, 1.82) is 0 Å². The maximum atomic E-state index is 5.54. The lowest BCUT2D eigenvalue weighted by Crippen LogP contribution is -2.31. The molecule has 2 aromatic rings. The number of nitrogens with zero attached hydrogens (tertiary/aromatic N) is 5. The Kier molecular flexibility index (Phi) is 2.97. The topological polar surface area (TPSA) is 86.6 Å². The van der Waals surface area contributed by atoms with E-state index in [0.29, 0.717) is 6.42 Å². The summed E-state index contributed by atoms with van der Waals surface area (Å²) in [6.45, 7) is 0. The zero-order valence-electron chi connectivity index (χ0n) is 9.33. The molecular weight excluding hydrogens is 206 g/mol. The van der Waals surface area contributed by atoms with Gasteiger partial charge in [0.15, 0.2) is 0 Å². The maximum Gasteiger partial charge on any atom is 0.0847 e. The summed E-state index contributed by atoms with van der Waals surface area (Å²) in [4.78, 5) is 0. The minimum Gasteiger partial charge on any atom is -0.271 e. The molecule has 0 aliphatic heterocycles. The zero-order chi connectivity index (χ0) is 11.5. The van der Waals surface area contributed by atoms with Gasteiger partial charge in [0.25, 0.3) is 0 Å². The van der Waals surface area contributed by atoms with Crippen LogP contribution in [0.5, 0.6) is 0 Å². The third kappa shape index (κ3) is 2.10. The largest absolute Gasteiger partial charge is 0.271 e. The minimum atomic E-state index is -0.0100. The fourth-order valence-corrected chi connectivity index (χ4v) is 1.67. The van der Waals surface area contributed by atoms with Gasteiger partial charge in [-0.05, 0) is 6.07 Å². The molecule has 0 aromatic carbocycles. The lowest BCUT2D eigenvalue weighted by Gasteiger charge is -2.14. The van der Waals surface area contributed by atoms with E-state index in [2.05, 4.69) is 20.8 Å². The quantitative estimate of drug-likeness (QED) is 0.526. The van der Waals surface area contributed by atoms with Crippen LogP contribution in [0.4, 0.5) is 0 Å². The summed E-state index contributed by atoms with van der Waals surface area (Å²) in [5, 5.41) is 12.0. The fourth-order valence-electron chi connectivity index (χ4n) is 1.67. The van der Waals surface area contributed by atoms with E-state index in [1.165, 1.54) is 0 Å². The predicted molar refractivity (Wildman–Crippen MR) is 58.0 cm³/mol. The van der Waals surface area contributed by atoms with Gasteiger partial charge in [-0.3, -0.25) is 20.6 Å². The molecule has 7 heteroatoms. The lowest BCUT2D eigenvalue weighted by molar-refractivity contribution is 0.504. The average Bonchev–Trinajstić information content (AvgIpc) is 2.84. The van der Waals surface area contributed by atoms with Crippen molar-refractivity contribution in [2.24, 2.45) is 19.9 Å². The second-order valence-electron chi connectivity index (χ2n) is 3.69. The first-order valence-electron chi connectivity index (χ1n) is 5.00. The van der Waals surface area contributed by atoms with Gasteiger partial charge in [-0.2, -0.15) is 5.10 Å². The first-order chi connectivity index (χ1) is 7.70. The molecule has 0 bridgehead atoms. The van der Waals surface area contributed by atoms with E-state index >= 15 is 0 Å². The molecule has 0 aliphatic carbocycles. The maximum absolute atomic E-state index is 5.54. The Balaban J connectivity index is 2.15. The second kappa shape index (κ2) is 4.42. The third-order valence-electron chi connectivity index (χ3n) is 2.48. The summed E-state index contributed by atoms with van der Waals surface area (Å²) in [6.07, 6.45) is 4.31. The van der Waals surface area contributed by atoms with Crippen LogP contribution in [-0.2, 0) is 20.5 Å². The average molecular weight is 221 g/mol. The molecule has 1 atom stereocenters. The van der Waals surface area contributed by atoms with E-state index in [-0.39, 0.29) is 6.04 Å². The Hall–Kier alpha value is -1.73. The number of aryl methyl sites for hydroxylation is 2. The molecule has 0 radical (unpaired) electrons. The van der Waals surface area contributed by atoms with Crippen LogP contribution in [0.25, 0.3) is 0 Å². The zero-order valence-corrected chi connectivity index (χ0v) is 9.33. The van der Waals surface area contributed by atoms with Gasteiger partial charge in [-0.1, -0.05) is 5.21 Å². The molecule has 86 valence electrons. The molecule has 0 saturated carbocycles. The molecule has 0 fully saturated rings. The summed E-state index contributed by atoms with van der Waals surface area (Å²) in [5.41, 5.74) is 4.68. The number of hydrogen-bond donors (Lipinski definition) is 2. The van der Waals surface area contributed by atoms with Gasteiger partial charge in [0.1, 0.15) is 0 Å². The highest BCUT2D eigenvalue weighted by atomic mass is 15.4. The summed E-state index contributed by atoms with van der Waals surface area (Å²) in [7, 11) is 3.72. The van der Waals surface area contributed by atoms with Gasteiger partial charge in [0, 0.05) is 32.9 Å². The molecule has 7 nitrogen and oxygen atoms in total. The number of nitrogens with two attached hydrogens (primary N) is 1. The second-order valence-corrected chi connectivity index (χ2v) is 3.69. The fraction of sp³-hybridized carbons (Fsp3) is 0.444. The predicted octanol–water partition coefficient (Wildman–Crippen LogP) is -0.704. The smallest absolute Gasteiger partial charge is 0.0847 e. The minimum absolute atomic E-state index is 0.0100. The number of aromatic nitrogens is 5. The molecule has 2 heterocycles. The number of hydrazine groups is 1. The van der Waals surface area contributed by atoms with Crippen LogP contribution in [0, 0.1) is 0 Å². The first-order valence-corrected chi connectivity index (χ1v) is 5.00. The Morgan fingerprint density at radius 2 is 2.31 bits per heavy atom. The van der Waals surface area contributed by atoms with E-state index in [1.54, 1.807) is 15.6 Å². The Labute approximate surface area is 93.2 Å². The van der Waals surface area contributed by atoms with Crippen molar-refractivity contribution in [3.05, 3.63) is 29.8 Å². The third-order valence-corrected chi connectivity index (χ3v) is 2.48. The molecular formula is C9H15N7. The van der Waals surface area contributed by atoms with E-state index in [9.17, 15) is 0 Å². The number of nitrogens with one attached hydrogen (secondary N) is 1. The lowest BCUT2D eigenvalue weighted by atomic mass is 10.1. The summed E-state index contributed by atoms with van der Waals surface area (Å²) in [6, 6.07) is 1.92. The first kappa shape index (κ1) is 10.8. The summed E-state index contributed by atoms with van der Waals surface area (Å²) in [5.74, 6) is 5.54. The molecule has 0 amide bonds. The highest BCUT2D eigenvalue weighted by Gasteiger charge is 2.15. The molecule has 2 aromatic heterocycles.